The summed E-state index contributed by atoms with van der Waals surface area (Å²) in [6.45, 7) is 2.44. The van der Waals surface area contributed by atoms with Crippen LogP contribution in [0.5, 0.6) is 0 Å². The second-order valence-corrected chi connectivity index (χ2v) is 6.63. The van der Waals surface area contributed by atoms with Gasteiger partial charge in [-0.05, 0) is 24.6 Å². The number of aliphatic hydroxyl groups excluding tert-OH is 1. The van der Waals surface area contributed by atoms with Crippen LogP contribution in [0.2, 0.25) is 4.34 Å². The highest BCUT2D eigenvalue weighted by molar-refractivity contribution is 7.16. The smallest absolute Gasteiger partial charge is 0.191 e. The fourth-order valence-electron chi connectivity index (χ4n) is 2.03. The predicted molar refractivity (Wildman–Crippen MR) is 93.6 cm³/mol. The molecule has 0 amide bonds. The molecule has 0 aliphatic rings. The van der Waals surface area contributed by atoms with Crippen LogP contribution in [0, 0.1) is 0 Å². The van der Waals surface area contributed by atoms with E-state index in [4.69, 9.17) is 11.6 Å². The zero-order chi connectivity index (χ0) is 15.9. The van der Waals surface area contributed by atoms with Crippen LogP contribution < -0.4 is 10.6 Å². The monoisotopic (exact) mass is 337 g/mol. The maximum Gasteiger partial charge on any atom is 0.191 e. The summed E-state index contributed by atoms with van der Waals surface area (Å²) in [5.74, 6) is 0.651. The topological polar surface area (TPSA) is 56.7 Å². The van der Waals surface area contributed by atoms with Gasteiger partial charge in [0.1, 0.15) is 6.10 Å². The molecule has 2 rings (SSSR count). The largest absolute Gasteiger partial charge is 0.386 e. The zero-order valence-corrected chi connectivity index (χ0v) is 14.2. The lowest BCUT2D eigenvalue weighted by Crippen LogP contribution is -2.40. The molecule has 1 aromatic heterocycles. The Morgan fingerprint density at radius 1 is 1.27 bits per heavy atom. The first-order valence-corrected chi connectivity index (χ1v) is 8.25. The van der Waals surface area contributed by atoms with E-state index < -0.39 is 6.10 Å². The first-order chi connectivity index (χ1) is 10.6. The van der Waals surface area contributed by atoms with Gasteiger partial charge in [0.2, 0.25) is 0 Å². The van der Waals surface area contributed by atoms with Gasteiger partial charge in [-0.3, -0.25) is 4.99 Å². The molecule has 0 aliphatic heterocycles. The van der Waals surface area contributed by atoms with Crippen molar-refractivity contribution in [1.82, 2.24) is 10.6 Å². The maximum atomic E-state index is 10.1. The third-order valence-electron chi connectivity index (χ3n) is 3.26. The molecule has 3 N–H and O–H groups in total. The minimum absolute atomic E-state index is 0.126. The van der Waals surface area contributed by atoms with Crippen molar-refractivity contribution in [3.05, 3.63) is 57.2 Å². The van der Waals surface area contributed by atoms with E-state index in [9.17, 15) is 5.11 Å². The van der Waals surface area contributed by atoms with Crippen LogP contribution in [-0.2, 0) is 0 Å². The molecule has 2 unspecified atom stereocenters. The van der Waals surface area contributed by atoms with Crippen LogP contribution in [0.1, 0.15) is 29.5 Å². The fraction of sp³-hybridized carbons (Fsp3) is 0.312. The molecule has 1 aromatic carbocycles. The van der Waals surface area contributed by atoms with Crippen LogP contribution in [0.15, 0.2) is 47.5 Å². The van der Waals surface area contributed by atoms with Gasteiger partial charge in [0.15, 0.2) is 5.96 Å². The average Bonchev–Trinajstić information content (AvgIpc) is 2.98. The minimum Gasteiger partial charge on any atom is -0.386 e. The highest BCUT2D eigenvalue weighted by Gasteiger charge is 2.12. The Kier molecular flexibility index (Phi) is 6.24. The first kappa shape index (κ1) is 16.8. The lowest BCUT2D eigenvalue weighted by atomic mass is 10.1. The van der Waals surface area contributed by atoms with Gasteiger partial charge in [-0.25, -0.2) is 0 Å². The zero-order valence-electron chi connectivity index (χ0n) is 12.6. The van der Waals surface area contributed by atoms with E-state index >= 15 is 0 Å². The van der Waals surface area contributed by atoms with Gasteiger partial charge in [-0.2, -0.15) is 0 Å². The number of nitrogens with zero attached hydrogens (tertiary/aromatic N) is 1. The molecule has 0 aliphatic carbocycles. The number of aliphatic imine (C=N–C) groups is 1. The van der Waals surface area contributed by atoms with Crippen molar-refractivity contribution < 1.29 is 5.11 Å². The van der Waals surface area contributed by atoms with E-state index in [1.807, 2.05) is 24.3 Å². The summed E-state index contributed by atoms with van der Waals surface area (Å²) >= 11 is 7.26. The lowest BCUT2D eigenvalue weighted by molar-refractivity contribution is 0.184. The van der Waals surface area contributed by atoms with Crippen LogP contribution in [0.3, 0.4) is 0 Å². The molecule has 2 atom stereocenters. The number of thiophene rings is 1. The summed E-state index contributed by atoms with van der Waals surface area (Å²) in [5.41, 5.74) is 1.18. The fourth-order valence-corrected chi connectivity index (χ4v) is 3.07. The summed E-state index contributed by atoms with van der Waals surface area (Å²) in [6.07, 6.45) is -0.608. The SMILES string of the molecule is CN=C(NCC(O)c1ccc(Cl)s1)NC(C)c1ccccc1. The highest BCUT2D eigenvalue weighted by Crippen LogP contribution is 2.26. The van der Waals surface area contributed by atoms with E-state index in [-0.39, 0.29) is 6.04 Å². The quantitative estimate of drug-likeness (QED) is 0.579. The number of hydrogen-bond donors (Lipinski definition) is 3. The van der Waals surface area contributed by atoms with E-state index in [0.717, 1.165) is 4.88 Å². The number of benzene rings is 1. The van der Waals surface area contributed by atoms with Gasteiger partial charge in [0.05, 0.1) is 10.4 Å². The molecular weight excluding hydrogens is 318 g/mol. The number of aliphatic hydroxyl groups is 1. The van der Waals surface area contributed by atoms with Gasteiger partial charge < -0.3 is 15.7 Å². The Morgan fingerprint density at radius 3 is 2.59 bits per heavy atom. The van der Waals surface area contributed by atoms with Crippen LogP contribution in [-0.4, -0.2) is 24.7 Å². The molecule has 22 heavy (non-hydrogen) atoms. The van der Waals surface area contributed by atoms with E-state index in [1.165, 1.54) is 16.9 Å². The standard InChI is InChI=1S/C16H20ClN3OS/c1-11(12-6-4-3-5-7-12)20-16(18-2)19-10-13(21)14-8-9-15(17)22-14/h3-9,11,13,21H,10H2,1-2H3,(H2,18,19,20). The van der Waals surface area contributed by atoms with E-state index in [1.54, 1.807) is 13.1 Å². The predicted octanol–water partition coefficient (Wildman–Crippen LogP) is 3.36. The molecular formula is C16H20ClN3OS. The molecule has 1 heterocycles. The molecule has 0 spiro atoms. The molecule has 0 radical (unpaired) electrons. The number of nitrogens with one attached hydrogen (secondary N) is 2. The van der Waals surface area contributed by atoms with Gasteiger partial charge in [0.25, 0.3) is 0 Å². The molecule has 0 bridgehead atoms. The summed E-state index contributed by atoms with van der Waals surface area (Å²) < 4.78 is 0.675. The van der Waals surface area contributed by atoms with Crippen molar-refractivity contribution in [3.63, 3.8) is 0 Å². The van der Waals surface area contributed by atoms with Gasteiger partial charge in [-0.1, -0.05) is 41.9 Å². The molecule has 4 nitrogen and oxygen atoms in total. The van der Waals surface area contributed by atoms with Crippen molar-refractivity contribution in [3.8, 4) is 0 Å². The second-order valence-electron chi connectivity index (χ2n) is 4.89. The summed E-state index contributed by atoms with van der Waals surface area (Å²) in [7, 11) is 1.71. The average molecular weight is 338 g/mol. The Morgan fingerprint density at radius 2 is 2.00 bits per heavy atom. The van der Waals surface area contributed by atoms with Crippen molar-refractivity contribution in [2.75, 3.05) is 13.6 Å². The molecule has 118 valence electrons. The van der Waals surface area contributed by atoms with Crippen molar-refractivity contribution >= 4 is 28.9 Å². The summed E-state index contributed by atoms with van der Waals surface area (Å²) in [4.78, 5) is 5.02. The van der Waals surface area contributed by atoms with Crippen LogP contribution >= 0.6 is 22.9 Å². The molecule has 0 fully saturated rings. The van der Waals surface area contributed by atoms with Crippen molar-refractivity contribution in [2.24, 2.45) is 4.99 Å². The van der Waals surface area contributed by atoms with Crippen molar-refractivity contribution in [2.45, 2.75) is 19.1 Å². The van der Waals surface area contributed by atoms with E-state index in [2.05, 4.69) is 34.7 Å². The second kappa shape index (κ2) is 8.17. The number of guanidine groups is 1. The maximum absolute atomic E-state index is 10.1. The summed E-state index contributed by atoms with van der Waals surface area (Å²) in [5, 5.41) is 16.6. The number of rotatable bonds is 5. The van der Waals surface area contributed by atoms with Crippen LogP contribution in [0.4, 0.5) is 0 Å². The molecule has 2 aromatic rings. The Bertz CT molecular complexity index is 615. The lowest BCUT2D eigenvalue weighted by Gasteiger charge is -2.19. The molecule has 0 saturated carbocycles. The molecule has 6 heteroatoms. The first-order valence-electron chi connectivity index (χ1n) is 7.05. The number of halogens is 1. The van der Waals surface area contributed by atoms with Gasteiger partial charge >= 0.3 is 0 Å². The third kappa shape index (κ3) is 4.73. The van der Waals surface area contributed by atoms with E-state index in [0.29, 0.717) is 16.8 Å². The summed E-state index contributed by atoms with van der Waals surface area (Å²) in [6, 6.07) is 13.9. The van der Waals surface area contributed by atoms with Gasteiger partial charge in [0, 0.05) is 18.5 Å². The highest BCUT2D eigenvalue weighted by atomic mass is 35.5. The van der Waals surface area contributed by atoms with Gasteiger partial charge in [-0.15, -0.1) is 11.3 Å². The van der Waals surface area contributed by atoms with Crippen LogP contribution in [0.25, 0.3) is 0 Å². The Balaban J connectivity index is 1.87. The normalized spacial score (nSPS) is 14.5. The Hall–Kier alpha value is -1.56. The van der Waals surface area contributed by atoms with Crippen molar-refractivity contribution in [1.29, 1.82) is 0 Å². The Labute approximate surface area is 139 Å². The molecule has 0 saturated heterocycles. The number of hydrogen-bond acceptors (Lipinski definition) is 3. The minimum atomic E-state index is -0.608. The third-order valence-corrected chi connectivity index (χ3v) is 4.59.